The topological polar surface area (TPSA) is 67.1 Å². The summed E-state index contributed by atoms with van der Waals surface area (Å²) in [6.07, 6.45) is 1.11. The summed E-state index contributed by atoms with van der Waals surface area (Å²) in [5.74, 6) is -0.450. The monoisotopic (exact) mass is 337 g/mol. The molecule has 0 bridgehead atoms. The Morgan fingerprint density at radius 2 is 1.88 bits per heavy atom. The number of nitrogens with two attached hydrogens (primary N) is 1. The molecule has 0 aromatic heterocycles. The van der Waals surface area contributed by atoms with Crippen LogP contribution in [0.15, 0.2) is 43.0 Å². The van der Waals surface area contributed by atoms with E-state index >= 15 is 0 Å². The van der Waals surface area contributed by atoms with Gasteiger partial charge in [-0.1, -0.05) is 31.7 Å². The smallest absolute Gasteiger partial charge is 0.250 e. The van der Waals surface area contributed by atoms with E-state index in [0.29, 0.717) is 5.56 Å². The third-order valence-electron chi connectivity index (χ3n) is 4.13. The molecular weight excluding hydrogens is 310 g/mol. The molecule has 4 N–H and O–H groups in total. The number of allylic oxidation sites excluding steroid dienone is 1. The molecule has 0 aliphatic rings. The van der Waals surface area contributed by atoms with Gasteiger partial charge in [-0.2, -0.15) is 0 Å². The highest BCUT2D eigenvalue weighted by atomic mass is 16.1. The van der Waals surface area contributed by atoms with Gasteiger partial charge in [0.15, 0.2) is 0 Å². The highest BCUT2D eigenvalue weighted by molar-refractivity contribution is 6.02. The number of carbonyl (C=O) groups excluding carboxylic acids is 1. The average Bonchev–Trinajstić information content (AvgIpc) is 2.60. The van der Waals surface area contributed by atoms with Crippen LogP contribution in [0.1, 0.15) is 41.8 Å². The first-order chi connectivity index (χ1) is 12.0. The minimum absolute atomic E-state index is 0.450. The standard InChI is InChI=1S/C21H27N3O/c1-5-9-24-13-15-7-6-8-16(10-15)17-11-18(14(2)3)20(23-4)19(12-17)21(22)25/h6-8,10-12,23-24H,2,5,9,13H2,1,3-4H3,(H2,22,25). The van der Waals surface area contributed by atoms with Gasteiger partial charge in [-0.15, -0.1) is 0 Å². The second-order valence-corrected chi connectivity index (χ2v) is 6.22. The molecule has 0 saturated heterocycles. The van der Waals surface area contributed by atoms with Gasteiger partial charge in [-0.25, -0.2) is 0 Å². The molecule has 1 amide bonds. The number of carbonyl (C=O) groups is 1. The molecule has 0 unspecified atom stereocenters. The Morgan fingerprint density at radius 3 is 2.48 bits per heavy atom. The number of amides is 1. The first-order valence-corrected chi connectivity index (χ1v) is 8.59. The summed E-state index contributed by atoms with van der Waals surface area (Å²) >= 11 is 0. The molecule has 0 aliphatic heterocycles. The molecule has 132 valence electrons. The summed E-state index contributed by atoms with van der Waals surface area (Å²) < 4.78 is 0. The van der Waals surface area contributed by atoms with Gasteiger partial charge in [0, 0.05) is 19.2 Å². The van der Waals surface area contributed by atoms with Crippen LogP contribution < -0.4 is 16.4 Å². The Kier molecular flexibility index (Phi) is 6.37. The molecule has 2 aromatic carbocycles. The lowest BCUT2D eigenvalue weighted by Crippen LogP contribution is -2.15. The maximum atomic E-state index is 11.9. The maximum Gasteiger partial charge on any atom is 0.250 e. The number of hydrogen-bond donors (Lipinski definition) is 3. The van der Waals surface area contributed by atoms with E-state index in [4.69, 9.17) is 5.73 Å². The molecule has 0 atom stereocenters. The minimum Gasteiger partial charge on any atom is -0.387 e. The van der Waals surface area contributed by atoms with Crippen molar-refractivity contribution in [2.45, 2.75) is 26.8 Å². The Morgan fingerprint density at radius 1 is 1.16 bits per heavy atom. The second-order valence-electron chi connectivity index (χ2n) is 6.22. The Labute approximate surface area is 150 Å². The number of benzene rings is 2. The Bertz CT molecular complexity index is 745. The van der Waals surface area contributed by atoms with Crippen LogP contribution in [0.25, 0.3) is 16.7 Å². The highest BCUT2D eigenvalue weighted by Gasteiger charge is 2.15. The number of anilines is 1. The van der Waals surface area contributed by atoms with Crippen molar-refractivity contribution in [3.8, 4) is 11.1 Å². The number of hydrogen-bond acceptors (Lipinski definition) is 3. The SMILES string of the molecule is C=C(C)c1cc(-c2cccc(CNCCC)c2)cc(C(N)=O)c1NC. The summed E-state index contributed by atoms with van der Waals surface area (Å²) in [5.41, 5.74) is 11.8. The van der Waals surface area contributed by atoms with Crippen LogP contribution in [0.2, 0.25) is 0 Å². The first-order valence-electron chi connectivity index (χ1n) is 8.59. The minimum atomic E-state index is -0.450. The lowest BCUT2D eigenvalue weighted by atomic mass is 9.94. The second kappa shape index (κ2) is 8.49. The van der Waals surface area contributed by atoms with Crippen LogP contribution in [0.3, 0.4) is 0 Å². The van der Waals surface area contributed by atoms with Crippen LogP contribution in [0.4, 0.5) is 5.69 Å². The normalized spacial score (nSPS) is 10.5. The quantitative estimate of drug-likeness (QED) is 0.637. The molecule has 0 spiro atoms. The lowest BCUT2D eigenvalue weighted by Gasteiger charge is -2.16. The van der Waals surface area contributed by atoms with E-state index in [1.807, 2.05) is 25.1 Å². The van der Waals surface area contributed by atoms with E-state index in [1.54, 1.807) is 7.05 Å². The Hall–Kier alpha value is -2.59. The largest absolute Gasteiger partial charge is 0.387 e. The van der Waals surface area contributed by atoms with Gasteiger partial charge in [-0.3, -0.25) is 4.79 Å². The van der Waals surface area contributed by atoms with Crippen molar-refractivity contribution in [2.24, 2.45) is 5.73 Å². The van der Waals surface area contributed by atoms with E-state index in [-0.39, 0.29) is 0 Å². The molecule has 25 heavy (non-hydrogen) atoms. The highest BCUT2D eigenvalue weighted by Crippen LogP contribution is 2.32. The summed E-state index contributed by atoms with van der Waals surface area (Å²) in [5, 5.41) is 6.49. The fraction of sp³-hybridized carbons (Fsp3) is 0.286. The van der Waals surface area contributed by atoms with E-state index < -0.39 is 5.91 Å². The zero-order valence-electron chi connectivity index (χ0n) is 15.3. The van der Waals surface area contributed by atoms with Gasteiger partial charge in [0.25, 0.3) is 5.91 Å². The van der Waals surface area contributed by atoms with Crippen molar-refractivity contribution in [1.82, 2.24) is 5.32 Å². The van der Waals surface area contributed by atoms with Gasteiger partial charge >= 0.3 is 0 Å². The molecule has 0 radical (unpaired) electrons. The third-order valence-corrected chi connectivity index (χ3v) is 4.13. The number of rotatable bonds is 8. The van der Waals surface area contributed by atoms with E-state index in [1.165, 1.54) is 5.56 Å². The van der Waals surface area contributed by atoms with Gasteiger partial charge in [-0.05, 0) is 60.4 Å². The Balaban J connectivity index is 2.50. The van der Waals surface area contributed by atoms with Crippen LogP contribution in [-0.4, -0.2) is 19.5 Å². The molecule has 2 aromatic rings. The third kappa shape index (κ3) is 4.48. The number of primary amides is 1. The van der Waals surface area contributed by atoms with E-state index in [2.05, 4.69) is 42.3 Å². The summed E-state index contributed by atoms with van der Waals surface area (Å²) in [6.45, 7) is 9.93. The van der Waals surface area contributed by atoms with Gasteiger partial charge < -0.3 is 16.4 Å². The van der Waals surface area contributed by atoms with Crippen molar-refractivity contribution in [1.29, 1.82) is 0 Å². The zero-order valence-corrected chi connectivity index (χ0v) is 15.3. The molecule has 4 heteroatoms. The summed E-state index contributed by atoms with van der Waals surface area (Å²) in [6, 6.07) is 12.2. The van der Waals surface area contributed by atoms with Crippen molar-refractivity contribution >= 4 is 17.2 Å². The maximum absolute atomic E-state index is 11.9. The first kappa shape index (κ1) is 18.7. The molecule has 4 nitrogen and oxygen atoms in total. The van der Waals surface area contributed by atoms with Crippen LogP contribution in [0, 0.1) is 0 Å². The lowest BCUT2D eigenvalue weighted by molar-refractivity contribution is 0.100. The summed E-state index contributed by atoms with van der Waals surface area (Å²) in [4.78, 5) is 11.9. The van der Waals surface area contributed by atoms with Crippen LogP contribution >= 0.6 is 0 Å². The van der Waals surface area contributed by atoms with Crippen molar-refractivity contribution < 1.29 is 4.79 Å². The van der Waals surface area contributed by atoms with Crippen LogP contribution in [-0.2, 0) is 6.54 Å². The molecular formula is C21H27N3O. The van der Waals surface area contributed by atoms with E-state index in [9.17, 15) is 4.79 Å². The van der Waals surface area contributed by atoms with Crippen LogP contribution in [0.5, 0.6) is 0 Å². The molecule has 0 aliphatic carbocycles. The van der Waals surface area contributed by atoms with Crippen molar-refractivity contribution in [3.63, 3.8) is 0 Å². The van der Waals surface area contributed by atoms with Gasteiger partial charge in [0.1, 0.15) is 0 Å². The fourth-order valence-corrected chi connectivity index (χ4v) is 2.88. The number of nitrogens with one attached hydrogen (secondary N) is 2. The molecule has 0 saturated carbocycles. The summed E-state index contributed by atoms with van der Waals surface area (Å²) in [7, 11) is 1.79. The van der Waals surface area contributed by atoms with Gasteiger partial charge in [0.2, 0.25) is 0 Å². The van der Waals surface area contributed by atoms with Crippen molar-refractivity contribution in [2.75, 3.05) is 18.9 Å². The fourth-order valence-electron chi connectivity index (χ4n) is 2.88. The molecule has 0 fully saturated rings. The predicted molar refractivity (Wildman–Crippen MR) is 107 cm³/mol. The molecule has 0 heterocycles. The van der Waals surface area contributed by atoms with Crippen molar-refractivity contribution in [3.05, 3.63) is 59.7 Å². The zero-order chi connectivity index (χ0) is 18.4. The average molecular weight is 337 g/mol. The van der Waals surface area contributed by atoms with E-state index in [0.717, 1.165) is 47.5 Å². The predicted octanol–water partition coefficient (Wildman–Crippen LogP) is 4.03. The molecule has 2 rings (SSSR count). The van der Waals surface area contributed by atoms with Gasteiger partial charge in [0.05, 0.1) is 11.3 Å².